The number of benzene rings is 1. The summed E-state index contributed by atoms with van der Waals surface area (Å²) in [4.78, 5) is 44.9. The van der Waals surface area contributed by atoms with Gasteiger partial charge in [-0.2, -0.15) is 0 Å². The van der Waals surface area contributed by atoms with Gasteiger partial charge < -0.3 is 24.1 Å². The maximum absolute atomic E-state index is 12.8. The number of fused-ring (bicyclic) bond motifs is 1. The number of aliphatic carboxylic acids is 1. The molecule has 11 heteroatoms. The lowest BCUT2D eigenvalue weighted by atomic mass is 10.00. The molecule has 40 heavy (non-hydrogen) atoms. The lowest BCUT2D eigenvalue weighted by molar-refractivity contribution is -0.139. The van der Waals surface area contributed by atoms with Gasteiger partial charge in [-0.3, -0.25) is 19.6 Å². The molecule has 1 N–H and O–H groups in total. The predicted molar refractivity (Wildman–Crippen MR) is 148 cm³/mol. The molecular weight excluding hydrogens is 518 g/mol. The zero-order chi connectivity index (χ0) is 29.7. The van der Waals surface area contributed by atoms with Crippen LogP contribution in [0.5, 0.6) is 5.75 Å². The highest BCUT2D eigenvalue weighted by molar-refractivity contribution is 5.84. The van der Waals surface area contributed by atoms with Gasteiger partial charge in [-0.05, 0) is 78.6 Å². The van der Waals surface area contributed by atoms with Gasteiger partial charge in [0.05, 0.1) is 12.6 Å². The van der Waals surface area contributed by atoms with Crippen molar-refractivity contribution in [2.75, 3.05) is 33.3 Å². The number of hydrogen-bond acceptors (Lipinski definition) is 9. The van der Waals surface area contributed by atoms with E-state index in [-0.39, 0.29) is 6.04 Å². The Bertz CT molecular complexity index is 1200. The summed E-state index contributed by atoms with van der Waals surface area (Å²) < 4.78 is 22.2. The lowest BCUT2D eigenvalue weighted by Crippen LogP contribution is -2.51. The van der Waals surface area contributed by atoms with Crippen LogP contribution in [0, 0.1) is 0 Å². The number of nitrogens with zero attached hydrogens (tertiary/aromatic N) is 3. The minimum absolute atomic E-state index is 0.293. The first kappa shape index (κ1) is 30.9. The second-order valence-corrected chi connectivity index (χ2v) is 11.9. The fraction of sp³-hybridized carbons (Fsp3) is 0.586. The van der Waals surface area contributed by atoms with Gasteiger partial charge in [0, 0.05) is 42.8 Å². The highest BCUT2D eigenvalue weighted by Gasteiger charge is 2.34. The summed E-state index contributed by atoms with van der Waals surface area (Å²) in [6.45, 7) is 11.6. The zero-order valence-electron chi connectivity index (χ0n) is 24.4. The first-order valence-electron chi connectivity index (χ1n) is 13.4. The van der Waals surface area contributed by atoms with Gasteiger partial charge >= 0.3 is 18.2 Å². The smallest absolute Gasteiger partial charge is 0.497 e. The third kappa shape index (κ3) is 8.97. The van der Waals surface area contributed by atoms with Crippen LogP contribution in [0.25, 0.3) is 10.9 Å². The lowest BCUT2D eigenvalue weighted by Gasteiger charge is -2.39. The Balaban J connectivity index is 1.81. The fourth-order valence-electron chi connectivity index (χ4n) is 4.60. The van der Waals surface area contributed by atoms with E-state index in [2.05, 4.69) is 9.88 Å². The van der Waals surface area contributed by atoms with Crippen LogP contribution in [0.2, 0.25) is 0 Å². The molecule has 1 aliphatic rings. The molecule has 0 radical (unpaired) electrons. The number of rotatable bonds is 8. The van der Waals surface area contributed by atoms with Crippen LogP contribution in [0.3, 0.4) is 0 Å². The quantitative estimate of drug-likeness (QED) is 0.440. The molecule has 0 bridgehead atoms. The van der Waals surface area contributed by atoms with E-state index in [1.54, 1.807) is 54.8 Å². The normalized spacial score (nSPS) is 15.8. The maximum atomic E-state index is 12.8. The van der Waals surface area contributed by atoms with Gasteiger partial charge in [0.25, 0.3) is 0 Å². The number of hydrogen-bond donors (Lipinski definition) is 1. The topological polar surface area (TPSA) is 128 Å². The van der Waals surface area contributed by atoms with Crippen LogP contribution in [-0.4, -0.2) is 88.6 Å². The molecule has 2 heterocycles. The van der Waals surface area contributed by atoms with Crippen molar-refractivity contribution in [1.29, 1.82) is 0 Å². The minimum Gasteiger partial charge on any atom is -0.497 e. The Morgan fingerprint density at radius 2 is 1.70 bits per heavy atom. The summed E-state index contributed by atoms with van der Waals surface area (Å²) in [5, 5.41) is 10.2. The van der Waals surface area contributed by atoms with E-state index >= 15 is 0 Å². The first-order chi connectivity index (χ1) is 18.6. The van der Waals surface area contributed by atoms with Crippen LogP contribution >= 0.6 is 0 Å². The van der Waals surface area contributed by atoms with Crippen LogP contribution in [0.4, 0.5) is 9.59 Å². The number of ether oxygens (including phenoxy) is 4. The molecule has 1 fully saturated rings. The summed E-state index contributed by atoms with van der Waals surface area (Å²) in [6, 6.07) is 7.06. The standard InChI is InChI=1S/C29H41N3O8/c1-28(2,3)39-26(35)32(18-25(33)34)19-11-14-31(15-12-19)17-24(38-27(36)40-29(4,5)6)21-10-13-30-23-9-8-20(37-7)16-22(21)23/h8-10,13,16,19,24H,11-12,14-15,17-18H2,1-7H3,(H,33,34). The van der Waals surface area contributed by atoms with Crippen molar-refractivity contribution in [2.24, 2.45) is 0 Å². The summed E-state index contributed by atoms with van der Waals surface area (Å²) in [5.74, 6) is -0.446. The molecule has 1 aliphatic heterocycles. The van der Waals surface area contributed by atoms with Gasteiger partial charge in [0.15, 0.2) is 0 Å². The van der Waals surface area contributed by atoms with Gasteiger partial charge in [-0.25, -0.2) is 9.59 Å². The van der Waals surface area contributed by atoms with Crippen molar-refractivity contribution in [3.8, 4) is 5.75 Å². The molecule has 1 unspecified atom stereocenters. The number of pyridine rings is 1. The average Bonchev–Trinajstić information content (AvgIpc) is 2.84. The largest absolute Gasteiger partial charge is 0.509 e. The van der Waals surface area contributed by atoms with E-state index in [9.17, 15) is 19.5 Å². The van der Waals surface area contributed by atoms with Gasteiger partial charge in [-0.15, -0.1) is 0 Å². The molecule has 1 saturated heterocycles. The molecule has 1 aromatic heterocycles. The third-order valence-electron chi connectivity index (χ3n) is 6.31. The first-order valence-corrected chi connectivity index (χ1v) is 13.4. The number of aromatic nitrogens is 1. The van der Waals surface area contributed by atoms with Crippen molar-refractivity contribution in [3.05, 3.63) is 36.0 Å². The molecule has 220 valence electrons. The van der Waals surface area contributed by atoms with Gasteiger partial charge in [0.2, 0.25) is 0 Å². The van der Waals surface area contributed by atoms with Crippen molar-refractivity contribution < 1.29 is 38.4 Å². The number of likely N-dealkylation sites (tertiary alicyclic amines) is 1. The van der Waals surface area contributed by atoms with E-state index in [1.165, 1.54) is 4.90 Å². The Hall–Kier alpha value is -3.60. The van der Waals surface area contributed by atoms with Crippen LogP contribution < -0.4 is 4.74 Å². The second kappa shape index (κ2) is 12.7. The number of carbonyl (C=O) groups is 3. The Morgan fingerprint density at radius 3 is 2.27 bits per heavy atom. The molecule has 0 saturated carbocycles. The molecule has 1 atom stereocenters. The Morgan fingerprint density at radius 1 is 1.05 bits per heavy atom. The summed E-state index contributed by atoms with van der Waals surface area (Å²) in [7, 11) is 1.58. The maximum Gasteiger partial charge on any atom is 0.509 e. The van der Waals surface area contributed by atoms with E-state index in [1.807, 2.05) is 24.3 Å². The van der Waals surface area contributed by atoms with Crippen LogP contribution in [0.15, 0.2) is 30.5 Å². The molecule has 0 spiro atoms. The van der Waals surface area contributed by atoms with Crippen molar-refractivity contribution in [3.63, 3.8) is 0 Å². The minimum atomic E-state index is -1.10. The molecule has 11 nitrogen and oxygen atoms in total. The number of carbonyl (C=O) groups excluding carboxylic acids is 2. The third-order valence-corrected chi connectivity index (χ3v) is 6.31. The molecule has 3 rings (SSSR count). The number of carboxylic acids is 1. The number of carboxylic acid groups (broad SMARTS) is 1. The SMILES string of the molecule is COc1ccc2nccc(C(CN3CCC(N(CC(=O)O)C(=O)OC(C)(C)C)CC3)OC(=O)OC(C)(C)C)c2c1. The van der Waals surface area contributed by atoms with E-state index in [0.717, 1.165) is 16.5 Å². The Kier molecular flexibility index (Phi) is 9.83. The Labute approximate surface area is 235 Å². The highest BCUT2D eigenvalue weighted by atomic mass is 16.7. The molecule has 1 amide bonds. The van der Waals surface area contributed by atoms with Crippen molar-refractivity contribution in [1.82, 2.24) is 14.8 Å². The number of amides is 1. The average molecular weight is 560 g/mol. The number of methoxy groups -OCH3 is 1. The summed E-state index contributed by atoms with van der Waals surface area (Å²) in [6.07, 6.45) is 0.652. The fourth-order valence-corrected chi connectivity index (χ4v) is 4.60. The van der Waals surface area contributed by atoms with Crippen LogP contribution in [-0.2, 0) is 19.0 Å². The van der Waals surface area contributed by atoms with E-state index in [4.69, 9.17) is 18.9 Å². The highest BCUT2D eigenvalue weighted by Crippen LogP contribution is 2.31. The van der Waals surface area contributed by atoms with Gasteiger partial charge in [0.1, 0.15) is 29.6 Å². The van der Waals surface area contributed by atoms with Crippen molar-refractivity contribution >= 4 is 29.1 Å². The molecule has 0 aliphatic carbocycles. The monoisotopic (exact) mass is 559 g/mol. The van der Waals surface area contributed by atoms with E-state index < -0.39 is 42.1 Å². The second-order valence-electron chi connectivity index (χ2n) is 11.9. The van der Waals surface area contributed by atoms with E-state index in [0.29, 0.717) is 38.2 Å². The summed E-state index contributed by atoms with van der Waals surface area (Å²) >= 11 is 0. The van der Waals surface area contributed by atoms with Gasteiger partial charge in [-0.1, -0.05) is 0 Å². The molecular formula is C29H41N3O8. The number of piperidine rings is 1. The van der Waals surface area contributed by atoms with Crippen molar-refractivity contribution in [2.45, 2.75) is 77.7 Å². The predicted octanol–water partition coefficient (Wildman–Crippen LogP) is 5.02. The van der Waals surface area contributed by atoms with Crippen LogP contribution in [0.1, 0.15) is 66.1 Å². The summed E-state index contributed by atoms with van der Waals surface area (Å²) in [5.41, 5.74) is 0.0322. The zero-order valence-corrected chi connectivity index (χ0v) is 24.4. The molecule has 1 aromatic carbocycles. The molecule has 2 aromatic rings.